The molecule has 1 aromatic heterocycles. The second-order valence-electron chi connectivity index (χ2n) is 10.3. The first kappa shape index (κ1) is 35.1. The third kappa shape index (κ3) is 7.58. The van der Waals surface area contributed by atoms with Crippen LogP contribution in [0, 0.1) is 0 Å². The molecule has 1 aliphatic heterocycles. The smallest absolute Gasteiger partial charge is 0.338 e. The SMILES string of the molecule is CCOC(=O)c1ccc(COc2c(Br)cc(/C=c3/sc4n(c3=O)[C@H](c3ccc(OCC)c(OCC)c3)C(C(=O)OC)=CN=4)cc2Br)cc1. The molecule has 0 fully saturated rings. The van der Waals surface area contributed by atoms with Gasteiger partial charge in [0.2, 0.25) is 0 Å². The first-order valence-electron chi connectivity index (χ1n) is 15.1. The number of benzene rings is 3. The number of halogens is 2. The van der Waals surface area contributed by atoms with Crippen molar-refractivity contribution in [1.29, 1.82) is 0 Å². The summed E-state index contributed by atoms with van der Waals surface area (Å²) in [5.74, 6) is 0.680. The fraction of sp³-hybridized carbons (Fsp3) is 0.257. The maximum Gasteiger partial charge on any atom is 0.338 e. The second-order valence-corrected chi connectivity index (χ2v) is 13.0. The normalized spacial score (nSPS) is 14.0. The highest BCUT2D eigenvalue weighted by Gasteiger charge is 2.31. The molecule has 13 heteroatoms. The Labute approximate surface area is 297 Å². The number of ether oxygens (including phenoxy) is 5. The quantitative estimate of drug-likeness (QED) is 0.158. The van der Waals surface area contributed by atoms with Crippen LogP contribution in [0.25, 0.3) is 6.08 Å². The molecule has 5 rings (SSSR count). The third-order valence-corrected chi connectivity index (χ3v) is 9.35. The molecule has 0 N–H and O–H groups in total. The third-order valence-electron chi connectivity index (χ3n) is 7.17. The predicted octanol–water partition coefficient (Wildman–Crippen LogP) is 6.10. The van der Waals surface area contributed by atoms with Crippen LogP contribution < -0.4 is 29.1 Å². The molecular weight excluding hydrogens is 768 g/mol. The summed E-state index contributed by atoms with van der Waals surface area (Å²) in [6.45, 7) is 6.95. The van der Waals surface area contributed by atoms with Gasteiger partial charge >= 0.3 is 11.9 Å². The average molecular weight is 801 g/mol. The molecule has 0 aliphatic carbocycles. The van der Waals surface area contributed by atoms with Crippen molar-refractivity contribution in [1.82, 2.24) is 4.57 Å². The van der Waals surface area contributed by atoms with Crippen LogP contribution in [0.3, 0.4) is 0 Å². The lowest BCUT2D eigenvalue weighted by atomic mass is 9.97. The van der Waals surface area contributed by atoms with Gasteiger partial charge in [0.25, 0.3) is 5.56 Å². The van der Waals surface area contributed by atoms with Crippen LogP contribution in [0.5, 0.6) is 17.2 Å². The molecule has 250 valence electrons. The topological polar surface area (TPSA) is 115 Å². The number of aromatic nitrogens is 1. The van der Waals surface area contributed by atoms with Gasteiger partial charge in [-0.05, 0) is 112 Å². The zero-order valence-electron chi connectivity index (χ0n) is 26.6. The summed E-state index contributed by atoms with van der Waals surface area (Å²) in [5, 5.41) is 0. The highest BCUT2D eigenvalue weighted by Crippen LogP contribution is 2.37. The Morgan fingerprint density at radius 3 is 2.23 bits per heavy atom. The van der Waals surface area contributed by atoms with Crippen molar-refractivity contribution in [2.75, 3.05) is 26.9 Å². The van der Waals surface area contributed by atoms with Crippen LogP contribution in [0.15, 0.2) is 85.1 Å². The summed E-state index contributed by atoms with van der Waals surface area (Å²) in [4.78, 5) is 43.7. The van der Waals surface area contributed by atoms with Gasteiger partial charge in [-0.1, -0.05) is 29.5 Å². The van der Waals surface area contributed by atoms with Crippen molar-refractivity contribution in [3.05, 3.63) is 117 Å². The number of nitrogens with zero attached hydrogens (tertiary/aromatic N) is 2. The fourth-order valence-corrected chi connectivity index (χ4v) is 7.47. The predicted molar refractivity (Wildman–Crippen MR) is 189 cm³/mol. The van der Waals surface area contributed by atoms with Crippen LogP contribution in [0.1, 0.15) is 53.9 Å². The van der Waals surface area contributed by atoms with Gasteiger partial charge in [-0.25, -0.2) is 14.6 Å². The number of fused-ring (bicyclic) bond motifs is 1. The average Bonchev–Trinajstić information content (AvgIpc) is 3.39. The van der Waals surface area contributed by atoms with Crippen LogP contribution in [0.4, 0.5) is 0 Å². The van der Waals surface area contributed by atoms with E-state index >= 15 is 0 Å². The highest BCUT2D eigenvalue weighted by atomic mass is 79.9. The number of rotatable bonds is 12. The summed E-state index contributed by atoms with van der Waals surface area (Å²) in [6, 6.07) is 15.3. The molecule has 10 nitrogen and oxygen atoms in total. The van der Waals surface area contributed by atoms with Crippen molar-refractivity contribution < 1.29 is 33.3 Å². The van der Waals surface area contributed by atoms with Crippen LogP contribution >= 0.6 is 43.2 Å². The number of esters is 2. The van der Waals surface area contributed by atoms with Crippen molar-refractivity contribution in [2.24, 2.45) is 4.99 Å². The molecule has 3 aromatic carbocycles. The molecule has 1 aliphatic rings. The lowest BCUT2D eigenvalue weighted by Gasteiger charge is -2.23. The summed E-state index contributed by atoms with van der Waals surface area (Å²) in [5.41, 5.74) is 2.61. The number of carbonyl (C=O) groups excluding carboxylic acids is 2. The van der Waals surface area contributed by atoms with E-state index < -0.39 is 12.0 Å². The Balaban J connectivity index is 1.47. The van der Waals surface area contributed by atoms with Crippen molar-refractivity contribution in [2.45, 2.75) is 33.4 Å². The zero-order valence-corrected chi connectivity index (χ0v) is 30.6. The Hall–Kier alpha value is -4.20. The van der Waals surface area contributed by atoms with Gasteiger partial charge in [-0.2, -0.15) is 0 Å². The molecule has 0 spiro atoms. The summed E-state index contributed by atoms with van der Waals surface area (Å²) < 4.78 is 31.0. The van der Waals surface area contributed by atoms with E-state index in [0.717, 1.165) is 11.1 Å². The van der Waals surface area contributed by atoms with Crippen molar-refractivity contribution in [3.63, 3.8) is 0 Å². The summed E-state index contributed by atoms with van der Waals surface area (Å²) in [7, 11) is 1.29. The fourth-order valence-electron chi connectivity index (χ4n) is 5.05. The first-order chi connectivity index (χ1) is 23.2. The molecule has 2 heterocycles. The molecule has 0 amide bonds. The maximum absolute atomic E-state index is 14.0. The maximum atomic E-state index is 14.0. The van der Waals surface area contributed by atoms with Crippen molar-refractivity contribution >= 4 is 61.2 Å². The minimum Gasteiger partial charge on any atom is -0.490 e. The van der Waals surface area contributed by atoms with Gasteiger partial charge in [0, 0.05) is 6.20 Å². The van der Waals surface area contributed by atoms with Gasteiger partial charge < -0.3 is 23.7 Å². The minimum atomic E-state index is -0.800. The van der Waals surface area contributed by atoms with E-state index in [0.29, 0.717) is 66.5 Å². The largest absolute Gasteiger partial charge is 0.490 e. The second kappa shape index (κ2) is 15.8. The van der Waals surface area contributed by atoms with E-state index in [1.165, 1.54) is 29.2 Å². The van der Waals surface area contributed by atoms with E-state index in [1.807, 2.05) is 38.1 Å². The van der Waals surface area contributed by atoms with E-state index in [9.17, 15) is 14.4 Å². The van der Waals surface area contributed by atoms with E-state index in [1.54, 1.807) is 43.3 Å². The molecular formula is C35H32Br2N2O8S. The van der Waals surface area contributed by atoms with E-state index in [2.05, 4.69) is 36.9 Å². The Bertz CT molecular complexity index is 2030. The van der Waals surface area contributed by atoms with Gasteiger partial charge in [-0.3, -0.25) is 9.36 Å². The number of methoxy groups -OCH3 is 1. The Morgan fingerprint density at radius 1 is 0.896 bits per heavy atom. The Morgan fingerprint density at radius 2 is 1.58 bits per heavy atom. The molecule has 0 saturated carbocycles. The monoisotopic (exact) mass is 798 g/mol. The van der Waals surface area contributed by atoms with Gasteiger partial charge in [0.15, 0.2) is 16.3 Å². The number of carbonyl (C=O) groups is 2. The first-order valence-corrected chi connectivity index (χ1v) is 17.5. The summed E-state index contributed by atoms with van der Waals surface area (Å²) in [6.07, 6.45) is 3.21. The van der Waals surface area contributed by atoms with Gasteiger partial charge in [-0.15, -0.1) is 0 Å². The van der Waals surface area contributed by atoms with Gasteiger partial charge in [0.1, 0.15) is 12.4 Å². The van der Waals surface area contributed by atoms with Gasteiger partial charge in [0.05, 0.1) is 57.6 Å². The van der Waals surface area contributed by atoms with E-state index in [-0.39, 0.29) is 23.7 Å². The summed E-state index contributed by atoms with van der Waals surface area (Å²) >= 11 is 8.41. The molecule has 0 saturated heterocycles. The van der Waals surface area contributed by atoms with E-state index in [4.69, 9.17) is 23.7 Å². The highest BCUT2D eigenvalue weighted by molar-refractivity contribution is 9.11. The molecule has 0 unspecified atom stereocenters. The van der Waals surface area contributed by atoms with Crippen LogP contribution in [0.2, 0.25) is 0 Å². The standard InChI is InChI=1S/C35H32Br2N2O8S/c1-5-44-27-13-12-23(17-28(27)45-6-2)30-24(34(42)43-4)18-38-35-39(30)32(40)29(48-35)16-21-14-25(36)31(26(37)15-21)47-19-20-8-10-22(11-9-20)33(41)46-7-3/h8-18,30H,5-7,19H2,1-4H3/b29-16+/t30-/m1/s1. The molecule has 0 radical (unpaired) electrons. The molecule has 48 heavy (non-hydrogen) atoms. The van der Waals surface area contributed by atoms with Crippen molar-refractivity contribution in [3.8, 4) is 17.2 Å². The molecule has 4 aromatic rings. The van der Waals surface area contributed by atoms with Crippen LogP contribution in [-0.4, -0.2) is 43.4 Å². The lowest BCUT2D eigenvalue weighted by Crippen LogP contribution is -2.39. The molecule has 1 atom stereocenters. The number of hydrogen-bond acceptors (Lipinski definition) is 10. The number of hydrogen-bond donors (Lipinski definition) is 0. The number of thiazole rings is 1. The lowest BCUT2D eigenvalue weighted by molar-refractivity contribution is -0.136. The minimum absolute atomic E-state index is 0.214. The molecule has 0 bridgehead atoms. The Kier molecular flexibility index (Phi) is 11.6. The zero-order chi connectivity index (χ0) is 34.4. The van der Waals surface area contributed by atoms with Crippen LogP contribution in [-0.2, 0) is 20.9 Å².